The molecular formula is C19H22N6O4S. The molecule has 4 heterocycles. The van der Waals surface area contributed by atoms with E-state index in [1.165, 1.54) is 17.1 Å². The lowest BCUT2D eigenvalue weighted by atomic mass is 10.0. The molecule has 5 rings (SSSR count). The van der Waals surface area contributed by atoms with Crippen LogP contribution in [0.1, 0.15) is 12.8 Å². The molecule has 0 amide bonds. The van der Waals surface area contributed by atoms with Crippen molar-refractivity contribution in [2.45, 2.75) is 23.5 Å². The van der Waals surface area contributed by atoms with Crippen molar-refractivity contribution in [1.29, 1.82) is 0 Å². The Balaban J connectivity index is 1.50. The third-order valence-electron chi connectivity index (χ3n) is 5.41. The highest BCUT2D eigenvalue weighted by Crippen LogP contribution is 2.35. The molecule has 11 heteroatoms. The van der Waals surface area contributed by atoms with Gasteiger partial charge >= 0.3 is 0 Å². The second kappa shape index (κ2) is 7.18. The van der Waals surface area contributed by atoms with Crippen LogP contribution in [0, 0.1) is 0 Å². The number of rotatable bonds is 4. The van der Waals surface area contributed by atoms with Crippen LogP contribution in [0.4, 0.5) is 11.6 Å². The van der Waals surface area contributed by atoms with Gasteiger partial charge in [-0.25, -0.2) is 18.4 Å². The van der Waals surface area contributed by atoms with Crippen molar-refractivity contribution in [2.24, 2.45) is 7.05 Å². The van der Waals surface area contributed by atoms with Crippen LogP contribution in [0.2, 0.25) is 0 Å². The van der Waals surface area contributed by atoms with Gasteiger partial charge in [-0.05, 0) is 12.1 Å². The van der Waals surface area contributed by atoms with Crippen molar-refractivity contribution >= 4 is 32.7 Å². The minimum atomic E-state index is -3.86. The van der Waals surface area contributed by atoms with Crippen molar-refractivity contribution in [2.75, 3.05) is 35.9 Å². The van der Waals surface area contributed by atoms with E-state index in [4.69, 9.17) is 14.5 Å². The van der Waals surface area contributed by atoms with Crippen LogP contribution in [0.25, 0.3) is 11.0 Å². The van der Waals surface area contributed by atoms with Gasteiger partial charge in [0.2, 0.25) is 0 Å². The van der Waals surface area contributed by atoms with Crippen LogP contribution in [0.5, 0.6) is 0 Å². The highest BCUT2D eigenvalue weighted by molar-refractivity contribution is 7.92. The number of para-hydroxylation sites is 2. The van der Waals surface area contributed by atoms with Gasteiger partial charge in [-0.15, -0.1) is 0 Å². The predicted molar refractivity (Wildman–Crippen MR) is 110 cm³/mol. The first-order valence-electron chi connectivity index (χ1n) is 9.75. The number of anilines is 2. The van der Waals surface area contributed by atoms with Gasteiger partial charge in [0.15, 0.2) is 17.4 Å². The molecule has 158 valence electrons. The molecule has 0 unspecified atom stereocenters. The molecule has 2 fully saturated rings. The minimum absolute atomic E-state index is 0.0660. The maximum absolute atomic E-state index is 12.9. The summed E-state index contributed by atoms with van der Waals surface area (Å²) >= 11 is 0. The van der Waals surface area contributed by atoms with Crippen molar-refractivity contribution < 1.29 is 17.9 Å². The highest BCUT2D eigenvalue weighted by Gasteiger charge is 2.40. The molecule has 0 aliphatic carbocycles. The molecule has 1 N–H and O–H groups in total. The van der Waals surface area contributed by atoms with E-state index in [9.17, 15) is 8.42 Å². The topological polar surface area (TPSA) is 111 Å². The number of sulfonamides is 1. The molecule has 1 aromatic carbocycles. The Kier molecular flexibility index (Phi) is 4.60. The Morgan fingerprint density at radius 1 is 1.07 bits per heavy atom. The van der Waals surface area contributed by atoms with E-state index >= 15 is 0 Å². The molecule has 0 radical (unpaired) electrons. The number of aromatic nitrogens is 4. The third kappa shape index (κ3) is 3.48. The van der Waals surface area contributed by atoms with Gasteiger partial charge in [0.25, 0.3) is 10.0 Å². The van der Waals surface area contributed by atoms with Crippen molar-refractivity contribution in [3.8, 4) is 0 Å². The summed E-state index contributed by atoms with van der Waals surface area (Å²) in [5.41, 5.74) is 1.31. The van der Waals surface area contributed by atoms with Gasteiger partial charge in [-0.1, -0.05) is 12.1 Å². The Bertz CT molecular complexity index is 1180. The van der Waals surface area contributed by atoms with Gasteiger partial charge in [0.1, 0.15) is 4.90 Å². The second-order valence-corrected chi connectivity index (χ2v) is 9.12. The lowest BCUT2D eigenvalue weighted by Gasteiger charge is -2.38. The summed E-state index contributed by atoms with van der Waals surface area (Å²) < 4.78 is 41.4. The van der Waals surface area contributed by atoms with E-state index < -0.39 is 15.8 Å². The van der Waals surface area contributed by atoms with Crippen LogP contribution in [-0.2, 0) is 26.5 Å². The fourth-order valence-corrected chi connectivity index (χ4v) is 4.83. The molecule has 0 saturated carbocycles. The fraction of sp³-hybridized carbons (Fsp3) is 0.421. The average molecular weight is 430 g/mol. The van der Waals surface area contributed by atoms with E-state index in [0.29, 0.717) is 56.0 Å². The molecule has 10 nitrogen and oxygen atoms in total. The van der Waals surface area contributed by atoms with Crippen LogP contribution in [0.3, 0.4) is 0 Å². The lowest BCUT2D eigenvalue weighted by Crippen LogP contribution is -2.45. The van der Waals surface area contributed by atoms with Crippen LogP contribution >= 0.6 is 0 Å². The lowest BCUT2D eigenvalue weighted by molar-refractivity contribution is -0.169. The van der Waals surface area contributed by atoms with Gasteiger partial charge in [-0.2, -0.15) is 5.10 Å². The number of fused-ring (bicyclic) bond motifs is 1. The zero-order valence-corrected chi connectivity index (χ0v) is 17.3. The first kappa shape index (κ1) is 19.2. The number of hydrogen-bond donors (Lipinski definition) is 1. The number of hydrogen-bond acceptors (Lipinski definition) is 8. The van der Waals surface area contributed by atoms with Gasteiger partial charge in [-0.3, -0.25) is 9.40 Å². The molecular weight excluding hydrogens is 408 g/mol. The van der Waals surface area contributed by atoms with E-state index in [1.807, 2.05) is 23.1 Å². The zero-order chi connectivity index (χ0) is 20.8. The van der Waals surface area contributed by atoms with Crippen molar-refractivity contribution in [3.05, 3.63) is 36.7 Å². The van der Waals surface area contributed by atoms with Crippen molar-refractivity contribution in [1.82, 2.24) is 19.7 Å². The fourth-order valence-electron chi connectivity index (χ4n) is 3.85. The van der Waals surface area contributed by atoms with Gasteiger partial charge in [0.05, 0.1) is 30.4 Å². The summed E-state index contributed by atoms with van der Waals surface area (Å²) in [6.07, 6.45) is 4.10. The molecule has 1 spiro atoms. The average Bonchev–Trinajstić information content (AvgIpc) is 3.38. The van der Waals surface area contributed by atoms with Crippen LogP contribution < -0.4 is 9.62 Å². The Morgan fingerprint density at radius 3 is 2.37 bits per heavy atom. The van der Waals surface area contributed by atoms with E-state index in [0.717, 1.165) is 0 Å². The molecule has 2 aliphatic heterocycles. The van der Waals surface area contributed by atoms with E-state index in [1.54, 1.807) is 13.1 Å². The maximum Gasteiger partial charge on any atom is 0.266 e. The third-order valence-corrected chi connectivity index (χ3v) is 6.71. The normalized spacial score (nSPS) is 18.9. The Morgan fingerprint density at radius 2 is 1.73 bits per heavy atom. The number of nitrogens with one attached hydrogen (secondary N) is 1. The van der Waals surface area contributed by atoms with Gasteiger partial charge in [0, 0.05) is 39.2 Å². The summed E-state index contributed by atoms with van der Waals surface area (Å²) in [4.78, 5) is 11.4. The second-order valence-electron chi connectivity index (χ2n) is 7.43. The smallest absolute Gasteiger partial charge is 0.266 e. The van der Waals surface area contributed by atoms with Gasteiger partial charge < -0.3 is 14.4 Å². The number of ether oxygens (including phenoxy) is 2. The molecule has 0 atom stereocenters. The molecule has 2 aliphatic rings. The van der Waals surface area contributed by atoms with Crippen molar-refractivity contribution in [3.63, 3.8) is 0 Å². The molecule has 3 aromatic rings. The van der Waals surface area contributed by atoms with Crippen LogP contribution in [-0.4, -0.2) is 60.3 Å². The summed E-state index contributed by atoms with van der Waals surface area (Å²) in [7, 11) is -2.19. The number of aryl methyl sites for hydroxylation is 1. The summed E-state index contributed by atoms with van der Waals surface area (Å²) in [6.45, 7) is 2.45. The highest BCUT2D eigenvalue weighted by atomic mass is 32.2. The summed E-state index contributed by atoms with van der Waals surface area (Å²) in [5, 5.41) is 3.95. The zero-order valence-electron chi connectivity index (χ0n) is 16.5. The summed E-state index contributed by atoms with van der Waals surface area (Å²) in [5.74, 6) is 0.159. The summed E-state index contributed by atoms with van der Waals surface area (Å²) in [6, 6.07) is 7.39. The quantitative estimate of drug-likeness (QED) is 0.663. The first-order chi connectivity index (χ1) is 14.4. The Labute approximate surface area is 173 Å². The monoisotopic (exact) mass is 430 g/mol. The van der Waals surface area contributed by atoms with E-state index in [2.05, 4.69) is 14.8 Å². The first-order valence-corrected chi connectivity index (χ1v) is 11.2. The predicted octanol–water partition coefficient (Wildman–Crippen LogP) is 1.51. The number of piperidine rings is 1. The molecule has 0 bridgehead atoms. The number of benzene rings is 1. The largest absolute Gasteiger partial charge is 0.353 e. The standard InChI is InChI=1S/C19H22N6O4S/c1-24-13-14(12-20-24)30(26,27)23-17-18(22-16-5-3-2-4-15(16)21-17)25-8-6-19(7-9-25)28-10-11-29-19/h2-5,12-13H,6-11H2,1H3,(H,21,23). The van der Waals surface area contributed by atoms with Crippen LogP contribution in [0.15, 0.2) is 41.6 Å². The number of nitrogens with zero attached hydrogens (tertiary/aromatic N) is 5. The molecule has 2 aromatic heterocycles. The minimum Gasteiger partial charge on any atom is -0.353 e. The Hall–Kier alpha value is -2.76. The molecule has 2 saturated heterocycles. The SMILES string of the molecule is Cn1cc(S(=O)(=O)Nc2nc3ccccc3nc2N2CCC3(CC2)OCCO3)cn1. The molecule has 30 heavy (non-hydrogen) atoms. The maximum atomic E-state index is 12.9. The van der Waals surface area contributed by atoms with E-state index in [-0.39, 0.29) is 10.7 Å².